The summed E-state index contributed by atoms with van der Waals surface area (Å²) in [5.74, 6) is 0.441. The summed E-state index contributed by atoms with van der Waals surface area (Å²) in [6.45, 7) is 3.26. The third kappa shape index (κ3) is 5.79. The second kappa shape index (κ2) is 10.0. The van der Waals surface area contributed by atoms with Crippen molar-refractivity contribution in [3.63, 3.8) is 0 Å². The minimum atomic E-state index is -0.264. The number of carbonyl (C=O) groups is 1. The van der Waals surface area contributed by atoms with Crippen LogP contribution >= 0.6 is 0 Å². The third-order valence-corrected chi connectivity index (χ3v) is 6.07. The van der Waals surface area contributed by atoms with E-state index in [9.17, 15) is 4.79 Å². The van der Waals surface area contributed by atoms with Crippen molar-refractivity contribution in [1.29, 1.82) is 0 Å². The molecule has 1 saturated heterocycles. The summed E-state index contributed by atoms with van der Waals surface area (Å²) < 4.78 is 0. The van der Waals surface area contributed by atoms with E-state index in [1.165, 1.54) is 43.6 Å². The fourth-order valence-electron chi connectivity index (χ4n) is 4.31. The second-order valence-electron chi connectivity index (χ2n) is 8.32. The van der Waals surface area contributed by atoms with Crippen molar-refractivity contribution in [1.82, 2.24) is 15.7 Å². The highest BCUT2D eigenvalue weighted by molar-refractivity contribution is 5.90. The van der Waals surface area contributed by atoms with Crippen LogP contribution in [0.2, 0.25) is 0 Å². The molecule has 30 heavy (non-hydrogen) atoms. The molecule has 158 valence electrons. The molecule has 2 atom stereocenters. The van der Waals surface area contributed by atoms with Crippen LogP contribution in [0, 0.1) is 0 Å². The van der Waals surface area contributed by atoms with Crippen LogP contribution in [0.5, 0.6) is 0 Å². The van der Waals surface area contributed by atoms with Crippen LogP contribution in [0.1, 0.15) is 41.9 Å². The van der Waals surface area contributed by atoms with Crippen LogP contribution in [0.3, 0.4) is 0 Å². The van der Waals surface area contributed by atoms with Crippen molar-refractivity contribution < 1.29 is 9.63 Å². The lowest BCUT2D eigenvalue weighted by Crippen LogP contribution is -2.43. The summed E-state index contributed by atoms with van der Waals surface area (Å²) in [7, 11) is 1.42. The highest BCUT2D eigenvalue weighted by atomic mass is 16.6. The predicted octanol–water partition coefficient (Wildman–Crippen LogP) is 3.49. The molecule has 0 spiro atoms. The van der Waals surface area contributed by atoms with Gasteiger partial charge in [-0.15, -0.1) is 0 Å². The van der Waals surface area contributed by atoms with Gasteiger partial charge in [-0.1, -0.05) is 54.6 Å². The highest BCUT2D eigenvalue weighted by Gasteiger charge is 2.39. The summed E-state index contributed by atoms with van der Waals surface area (Å²) in [5.41, 5.74) is 6.07. The van der Waals surface area contributed by atoms with Crippen molar-refractivity contribution in [2.75, 3.05) is 20.2 Å². The number of piperidine rings is 1. The Hall–Kier alpha value is -2.47. The van der Waals surface area contributed by atoms with E-state index in [4.69, 9.17) is 0 Å². The molecule has 0 radical (unpaired) electrons. The normalized spacial score (nSPS) is 22.3. The van der Waals surface area contributed by atoms with Crippen LogP contribution in [-0.2, 0) is 16.2 Å². The summed E-state index contributed by atoms with van der Waals surface area (Å²) in [6, 6.07) is 20.6. The minimum Gasteiger partial charge on any atom is -0.311 e. The van der Waals surface area contributed by atoms with E-state index in [-0.39, 0.29) is 5.91 Å². The summed E-state index contributed by atoms with van der Waals surface area (Å²) in [4.78, 5) is 18.5. The lowest BCUT2D eigenvalue weighted by Gasteiger charge is -2.32. The van der Waals surface area contributed by atoms with E-state index < -0.39 is 0 Å². The van der Waals surface area contributed by atoms with E-state index in [1.54, 1.807) is 6.08 Å². The first kappa shape index (κ1) is 20.8. The van der Waals surface area contributed by atoms with E-state index in [0.29, 0.717) is 18.0 Å². The van der Waals surface area contributed by atoms with Crippen LogP contribution < -0.4 is 10.8 Å². The molecular formula is C25H31N3O2. The van der Waals surface area contributed by atoms with Gasteiger partial charge in [0.25, 0.3) is 5.91 Å². The van der Waals surface area contributed by atoms with Crippen molar-refractivity contribution in [3.05, 3.63) is 77.4 Å². The monoisotopic (exact) mass is 405 g/mol. The average Bonchev–Trinajstić information content (AvgIpc) is 3.55. The molecule has 2 aromatic carbocycles. The maximum absolute atomic E-state index is 11.4. The lowest BCUT2D eigenvalue weighted by atomic mass is 10.0. The van der Waals surface area contributed by atoms with E-state index in [2.05, 4.69) is 75.1 Å². The molecule has 1 saturated carbocycles. The van der Waals surface area contributed by atoms with Gasteiger partial charge in [-0.3, -0.25) is 14.5 Å². The number of benzene rings is 2. The number of hydrogen-bond acceptors (Lipinski definition) is 4. The van der Waals surface area contributed by atoms with E-state index in [1.807, 2.05) is 0 Å². The van der Waals surface area contributed by atoms with Gasteiger partial charge in [0.2, 0.25) is 0 Å². The van der Waals surface area contributed by atoms with Gasteiger partial charge in [-0.2, -0.15) is 0 Å². The van der Waals surface area contributed by atoms with Gasteiger partial charge < -0.3 is 5.32 Å². The molecule has 1 aliphatic carbocycles. The number of amides is 1. The largest absolute Gasteiger partial charge is 0.311 e. The number of carbonyl (C=O) groups excluding carboxylic acids is 1. The molecule has 0 unspecified atom stereocenters. The van der Waals surface area contributed by atoms with Crippen LogP contribution in [0.25, 0.3) is 6.08 Å². The molecule has 4 rings (SSSR count). The molecule has 1 aliphatic heterocycles. The molecule has 0 bridgehead atoms. The van der Waals surface area contributed by atoms with Gasteiger partial charge in [0.05, 0.1) is 7.11 Å². The molecule has 5 heteroatoms. The van der Waals surface area contributed by atoms with E-state index >= 15 is 0 Å². The molecule has 1 heterocycles. The van der Waals surface area contributed by atoms with Crippen LogP contribution in [0.4, 0.5) is 0 Å². The highest BCUT2D eigenvalue weighted by Crippen LogP contribution is 2.41. The first-order chi connectivity index (χ1) is 14.7. The van der Waals surface area contributed by atoms with E-state index in [0.717, 1.165) is 25.2 Å². The number of rotatable bonds is 8. The standard InChI is InChI=1S/C25H31N3O2/c1-30-27-25(29)12-11-19-7-9-20(10-8-19)18-28-15-13-22(14-16-28)26-24-17-23(24)21-5-3-2-4-6-21/h2-12,22-24,26H,13-18H2,1H3,(H,27,29)/t23-,24+/m0/s1. The molecule has 2 aromatic rings. The van der Waals surface area contributed by atoms with Crippen LogP contribution in [0.15, 0.2) is 60.7 Å². The molecule has 2 N–H and O–H groups in total. The molecule has 0 aromatic heterocycles. The zero-order valence-electron chi connectivity index (χ0n) is 17.6. The van der Waals surface area contributed by atoms with Gasteiger partial charge in [-0.25, -0.2) is 5.48 Å². The Morgan fingerprint density at radius 2 is 1.83 bits per heavy atom. The smallest absolute Gasteiger partial charge is 0.267 e. The topological polar surface area (TPSA) is 53.6 Å². The quantitative estimate of drug-likeness (QED) is 0.522. The molecule has 2 fully saturated rings. The number of hydroxylamine groups is 1. The third-order valence-electron chi connectivity index (χ3n) is 6.07. The second-order valence-corrected chi connectivity index (χ2v) is 8.32. The van der Waals surface area contributed by atoms with Gasteiger partial charge in [0, 0.05) is 30.6 Å². The summed E-state index contributed by atoms with van der Waals surface area (Å²) in [5, 5.41) is 3.89. The summed E-state index contributed by atoms with van der Waals surface area (Å²) >= 11 is 0. The van der Waals surface area contributed by atoms with Gasteiger partial charge >= 0.3 is 0 Å². The Kier molecular flexibility index (Phi) is 6.95. The van der Waals surface area contributed by atoms with Gasteiger partial charge in [0.1, 0.15) is 0 Å². The Labute approximate surface area is 179 Å². The molecule has 5 nitrogen and oxygen atoms in total. The first-order valence-electron chi connectivity index (χ1n) is 10.8. The average molecular weight is 406 g/mol. The van der Waals surface area contributed by atoms with Crippen molar-refractivity contribution >= 4 is 12.0 Å². The SMILES string of the molecule is CONC(=O)C=Cc1ccc(CN2CCC(N[C@@H]3C[C@H]3c3ccccc3)CC2)cc1. The Bertz CT molecular complexity index is 842. The maximum Gasteiger partial charge on any atom is 0.267 e. The Morgan fingerprint density at radius 1 is 1.10 bits per heavy atom. The van der Waals surface area contributed by atoms with Crippen molar-refractivity contribution in [2.45, 2.75) is 43.8 Å². The summed E-state index contributed by atoms with van der Waals surface area (Å²) in [6.07, 6.45) is 6.97. The number of nitrogens with one attached hydrogen (secondary N) is 2. The van der Waals surface area contributed by atoms with Crippen molar-refractivity contribution in [3.8, 4) is 0 Å². The fraction of sp³-hybridized carbons (Fsp3) is 0.400. The fourth-order valence-corrected chi connectivity index (χ4v) is 4.31. The molecule has 1 amide bonds. The Balaban J connectivity index is 1.18. The maximum atomic E-state index is 11.4. The zero-order chi connectivity index (χ0) is 20.8. The number of hydrogen-bond donors (Lipinski definition) is 2. The van der Waals surface area contributed by atoms with Crippen molar-refractivity contribution in [2.24, 2.45) is 0 Å². The minimum absolute atomic E-state index is 0.264. The Morgan fingerprint density at radius 3 is 2.53 bits per heavy atom. The van der Waals surface area contributed by atoms with Crippen LogP contribution in [-0.4, -0.2) is 43.1 Å². The predicted molar refractivity (Wildman–Crippen MR) is 120 cm³/mol. The molecular weight excluding hydrogens is 374 g/mol. The molecule has 2 aliphatic rings. The number of nitrogens with zero attached hydrogens (tertiary/aromatic N) is 1. The van der Waals surface area contributed by atoms with Gasteiger partial charge in [0.15, 0.2) is 0 Å². The lowest BCUT2D eigenvalue weighted by molar-refractivity contribution is -0.126. The zero-order valence-corrected chi connectivity index (χ0v) is 17.6. The number of likely N-dealkylation sites (tertiary alicyclic amines) is 1. The van der Waals surface area contributed by atoms with Gasteiger partial charge in [-0.05, 0) is 55.1 Å². The first-order valence-corrected chi connectivity index (χ1v) is 10.8.